The molecule has 0 aliphatic rings. The number of carbonyl (C=O) groups excluding carboxylic acids is 1. The molecule has 0 saturated heterocycles. The van der Waals surface area contributed by atoms with Crippen molar-refractivity contribution in [2.45, 2.75) is 13.8 Å². The van der Waals surface area contributed by atoms with E-state index in [-0.39, 0.29) is 5.97 Å². The van der Waals surface area contributed by atoms with E-state index in [2.05, 4.69) is 16.9 Å². The Morgan fingerprint density at radius 3 is 2.28 bits per heavy atom. The summed E-state index contributed by atoms with van der Waals surface area (Å²) in [4.78, 5) is 11.0. The molecule has 0 aliphatic heterocycles. The lowest BCUT2D eigenvalue weighted by molar-refractivity contribution is -0.134. The van der Waals surface area contributed by atoms with Gasteiger partial charge >= 0.3 is 5.97 Å². The van der Waals surface area contributed by atoms with Crippen molar-refractivity contribution in [2.24, 2.45) is 0 Å². The summed E-state index contributed by atoms with van der Waals surface area (Å²) >= 11 is 0. The first-order valence-corrected chi connectivity index (χ1v) is 5.86. The van der Waals surface area contributed by atoms with Gasteiger partial charge in [0.1, 0.15) is 0 Å². The fourth-order valence-electron chi connectivity index (χ4n) is 1.56. The number of esters is 1. The fraction of sp³-hybridized carbons (Fsp3) is 0.188. The molecule has 1 rings (SSSR count). The van der Waals surface area contributed by atoms with Crippen LogP contribution in [-0.4, -0.2) is 13.1 Å². The number of rotatable bonds is 4. The number of hydrogen-bond donors (Lipinski definition) is 0. The number of ether oxygens (including phenoxy) is 1. The molecule has 94 valence electrons. The van der Waals surface area contributed by atoms with Crippen LogP contribution in [0.3, 0.4) is 0 Å². The maximum absolute atomic E-state index is 11.0. The van der Waals surface area contributed by atoms with Crippen LogP contribution in [-0.2, 0) is 9.53 Å². The zero-order valence-corrected chi connectivity index (χ0v) is 11.0. The highest BCUT2D eigenvalue weighted by Crippen LogP contribution is 2.17. The van der Waals surface area contributed by atoms with Gasteiger partial charge in [0.25, 0.3) is 0 Å². The van der Waals surface area contributed by atoms with Gasteiger partial charge < -0.3 is 4.74 Å². The summed E-state index contributed by atoms with van der Waals surface area (Å²) in [5, 5.41) is 0. The van der Waals surface area contributed by atoms with Crippen LogP contribution in [0.4, 0.5) is 0 Å². The van der Waals surface area contributed by atoms with Gasteiger partial charge in [-0.2, -0.15) is 0 Å². The van der Waals surface area contributed by atoms with Crippen molar-refractivity contribution in [3.05, 3.63) is 59.7 Å². The molecule has 0 heterocycles. The largest absolute Gasteiger partial charge is 0.466 e. The standard InChI is InChI=1S/C16H18O2/c1-4-6-14(5-2)15-10-7-13(8-11-15)9-12-16(17)18-3/h4-12H,1-3H3/b6-4-,12-9+,14-5+. The van der Waals surface area contributed by atoms with Crippen LogP contribution in [0.1, 0.15) is 25.0 Å². The summed E-state index contributed by atoms with van der Waals surface area (Å²) in [6, 6.07) is 8.02. The van der Waals surface area contributed by atoms with Crippen molar-refractivity contribution in [2.75, 3.05) is 7.11 Å². The van der Waals surface area contributed by atoms with E-state index in [0.29, 0.717) is 0 Å². The van der Waals surface area contributed by atoms with Gasteiger partial charge in [-0.15, -0.1) is 0 Å². The Morgan fingerprint density at radius 2 is 1.78 bits per heavy atom. The maximum Gasteiger partial charge on any atom is 0.330 e. The lowest BCUT2D eigenvalue weighted by Gasteiger charge is -2.02. The highest BCUT2D eigenvalue weighted by atomic mass is 16.5. The fourth-order valence-corrected chi connectivity index (χ4v) is 1.56. The Hall–Kier alpha value is -2.09. The van der Waals surface area contributed by atoms with Gasteiger partial charge in [-0.25, -0.2) is 4.79 Å². The average molecular weight is 242 g/mol. The van der Waals surface area contributed by atoms with E-state index >= 15 is 0 Å². The number of carbonyl (C=O) groups is 1. The predicted molar refractivity (Wildman–Crippen MR) is 76.0 cm³/mol. The van der Waals surface area contributed by atoms with Crippen molar-refractivity contribution < 1.29 is 9.53 Å². The summed E-state index contributed by atoms with van der Waals surface area (Å²) in [6.45, 7) is 4.01. The molecule has 0 N–H and O–H groups in total. The number of methoxy groups -OCH3 is 1. The van der Waals surface area contributed by atoms with E-state index in [1.807, 2.05) is 44.2 Å². The molecule has 2 nitrogen and oxygen atoms in total. The molecule has 0 saturated carbocycles. The molecular formula is C16H18O2. The quantitative estimate of drug-likeness (QED) is 0.455. The third kappa shape index (κ3) is 4.06. The normalized spacial score (nSPS) is 12.3. The van der Waals surface area contributed by atoms with Gasteiger partial charge in [0.15, 0.2) is 0 Å². The van der Waals surface area contributed by atoms with E-state index in [1.54, 1.807) is 6.08 Å². The van der Waals surface area contributed by atoms with E-state index in [0.717, 1.165) is 11.1 Å². The lowest BCUT2D eigenvalue weighted by atomic mass is 10.0. The van der Waals surface area contributed by atoms with E-state index < -0.39 is 0 Å². The van der Waals surface area contributed by atoms with Crippen molar-refractivity contribution in [1.82, 2.24) is 0 Å². The molecule has 0 radical (unpaired) electrons. The topological polar surface area (TPSA) is 26.3 Å². The summed E-state index contributed by atoms with van der Waals surface area (Å²) in [5.41, 5.74) is 3.31. The second-order valence-corrected chi connectivity index (χ2v) is 3.72. The van der Waals surface area contributed by atoms with E-state index in [4.69, 9.17) is 0 Å². The molecule has 2 heteroatoms. The maximum atomic E-state index is 11.0. The Balaban J connectivity index is 2.86. The molecule has 18 heavy (non-hydrogen) atoms. The summed E-state index contributed by atoms with van der Waals surface area (Å²) < 4.78 is 4.54. The zero-order chi connectivity index (χ0) is 13.4. The van der Waals surface area contributed by atoms with Crippen LogP contribution in [0.2, 0.25) is 0 Å². The Labute approximate surface area is 108 Å². The molecule has 0 spiro atoms. The molecule has 0 fully saturated rings. The van der Waals surface area contributed by atoms with Gasteiger partial charge in [0.2, 0.25) is 0 Å². The predicted octanol–water partition coefficient (Wildman–Crippen LogP) is 3.85. The van der Waals surface area contributed by atoms with Crippen molar-refractivity contribution in [1.29, 1.82) is 0 Å². The highest BCUT2D eigenvalue weighted by molar-refractivity contribution is 5.87. The minimum Gasteiger partial charge on any atom is -0.466 e. The Morgan fingerprint density at radius 1 is 1.11 bits per heavy atom. The molecule has 0 aromatic heterocycles. The van der Waals surface area contributed by atoms with Crippen molar-refractivity contribution in [3.63, 3.8) is 0 Å². The lowest BCUT2D eigenvalue weighted by Crippen LogP contribution is -1.93. The molecule has 1 aromatic rings. The number of allylic oxidation sites excluding steroid dienone is 4. The van der Waals surface area contributed by atoms with Gasteiger partial charge in [-0.05, 0) is 36.6 Å². The van der Waals surface area contributed by atoms with Crippen molar-refractivity contribution in [3.8, 4) is 0 Å². The molecule has 0 bridgehead atoms. The van der Waals surface area contributed by atoms with Crippen LogP contribution < -0.4 is 0 Å². The minimum absolute atomic E-state index is 0.345. The second-order valence-electron chi connectivity index (χ2n) is 3.72. The summed E-state index contributed by atoms with van der Waals surface area (Å²) in [6.07, 6.45) is 9.30. The SMILES string of the molecule is C/C=C\C(=C/C)c1ccc(/C=C/C(=O)OC)cc1. The number of hydrogen-bond acceptors (Lipinski definition) is 2. The molecular weight excluding hydrogens is 224 g/mol. The van der Waals surface area contributed by atoms with Gasteiger partial charge in [0.05, 0.1) is 7.11 Å². The smallest absolute Gasteiger partial charge is 0.330 e. The van der Waals surface area contributed by atoms with Gasteiger partial charge in [-0.3, -0.25) is 0 Å². The molecule has 0 aliphatic carbocycles. The Kier molecular flexibility index (Phi) is 5.65. The molecule has 0 unspecified atom stereocenters. The van der Waals surface area contributed by atoms with Crippen LogP contribution >= 0.6 is 0 Å². The molecule has 0 amide bonds. The zero-order valence-electron chi connectivity index (χ0n) is 11.0. The molecule has 1 aromatic carbocycles. The summed E-state index contributed by atoms with van der Waals surface area (Å²) in [5.74, 6) is -0.345. The third-order valence-electron chi connectivity index (χ3n) is 2.51. The van der Waals surface area contributed by atoms with Gasteiger partial charge in [-0.1, -0.05) is 42.5 Å². The third-order valence-corrected chi connectivity index (χ3v) is 2.51. The summed E-state index contributed by atoms with van der Waals surface area (Å²) in [7, 11) is 1.37. The first-order valence-electron chi connectivity index (χ1n) is 5.86. The van der Waals surface area contributed by atoms with Crippen LogP contribution in [0.15, 0.2) is 48.6 Å². The van der Waals surface area contributed by atoms with Crippen LogP contribution in [0, 0.1) is 0 Å². The molecule has 0 atom stereocenters. The first kappa shape index (κ1) is 14.0. The van der Waals surface area contributed by atoms with E-state index in [1.165, 1.54) is 18.8 Å². The first-order chi connectivity index (χ1) is 8.71. The highest BCUT2D eigenvalue weighted by Gasteiger charge is 1.97. The monoisotopic (exact) mass is 242 g/mol. The van der Waals surface area contributed by atoms with Crippen LogP contribution in [0.25, 0.3) is 11.6 Å². The minimum atomic E-state index is -0.345. The van der Waals surface area contributed by atoms with Crippen LogP contribution in [0.5, 0.6) is 0 Å². The van der Waals surface area contributed by atoms with Crippen molar-refractivity contribution >= 4 is 17.6 Å². The van der Waals surface area contributed by atoms with E-state index in [9.17, 15) is 4.79 Å². The number of benzene rings is 1. The Bertz CT molecular complexity index is 476. The average Bonchev–Trinajstić information content (AvgIpc) is 2.42. The van der Waals surface area contributed by atoms with Gasteiger partial charge in [0, 0.05) is 6.08 Å². The second kappa shape index (κ2) is 7.28.